The van der Waals surface area contributed by atoms with E-state index in [1.54, 1.807) is 9.47 Å². The van der Waals surface area contributed by atoms with Gasteiger partial charge in [-0.3, -0.25) is 9.59 Å². The first-order chi connectivity index (χ1) is 15.3. The van der Waals surface area contributed by atoms with Crippen LogP contribution in [-0.4, -0.2) is 39.4 Å². The molecule has 168 valence electrons. The van der Waals surface area contributed by atoms with Crippen LogP contribution in [-0.2, 0) is 9.59 Å². The Hall–Kier alpha value is -3.29. The van der Waals surface area contributed by atoms with Gasteiger partial charge >= 0.3 is 0 Å². The molecule has 2 aromatic carbocycles. The van der Waals surface area contributed by atoms with Crippen LogP contribution < -0.4 is 5.32 Å². The molecule has 3 aromatic rings. The minimum Gasteiger partial charge on any atom is -0.340 e. The van der Waals surface area contributed by atoms with Gasteiger partial charge in [-0.2, -0.15) is 0 Å². The van der Waals surface area contributed by atoms with Crippen molar-refractivity contribution in [2.75, 3.05) is 18.4 Å². The molecular weight excluding hydrogens is 414 g/mol. The Morgan fingerprint density at radius 1 is 1.12 bits per heavy atom. The molecule has 0 radical (unpaired) electrons. The highest BCUT2D eigenvalue weighted by Crippen LogP contribution is 2.29. The Kier molecular flexibility index (Phi) is 6.21. The number of nitrogens with one attached hydrogen (secondary N) is 1. The average molecular weight is 440 g/mol. The molecule has 1 aliphatic rings. The van der Waals surface area contributed by atoms with Crippen LogP contribution in [0.4, 0.5) is 14.5 Å². The predicted molar refractivity (Wildman–Crippen MR) is 118 cm³/mol. The van der Waals surface area contributed by atoms with Gasteiger partial charge in [-0.15, -0.1) is 0 Å². The Balaban J connectivity index is 1.55. The zero-order chi connectivity index (χ0) is 22.8. The number of aromatic nitrogens is 2. The summed E-state index contributed by atoms with van der Waals surface area (Å²) in [7, 11) is 0. The molecule has 0 bridgehead atoms. The smallest absolute Gasteiger partial charge is 0.245 e. The van der Waals surface area contributed by atoms with Gasteiger partial charge < -0.3 is 14.8 Å². The minimum atomic E-state index is -0.982. The monoisotopic (exact) mass is 440 g/mol. The van der Waals surface area contributed by atoms with E-state index in [9.17, 15) is 18.4 Å². The maximum Gasteiger partial charge on any atom is 0.245 e. The highest BCUT2D eigenvalue weighted by atomic mass is 19.2. The molecule has 0 spiro atoms. The van der Waals surface area contributed by atoms with Crippen LogP contribution in [0.5, 0.6) is 0 Å². The van der Waals surface area contributed by atoms with Crippen LogP contribution in [0.25, 0.3) is 11.0 Å². The number of nitrogens with zero attached hydrogens (tertiary/aromatic N) is 3. The standard InChI is InChI=1S/C24H26F2N4O2/c1-15(2)22(30-14-27-20-11-18(25)19(26)12-21(20)30)24(32)29-10-6-7-16(13-29)23(31)28-17-8-4-3-5-9-17/h3-5,8-9,11-12,14-16,22H,6-7,10,13H2,1-2H3,(H,28,31). The van der Waals surface area contributed by atoms with E-state index in [0.29, 0.717) is 37.0 Å². The number of para-hydroxylation sites is 1. The molecule has 1 saturated heterocycles. The first-order valence-corrected chi connectivity index (χ1v) is 10.8. The fourth-order valence-corrected chi connectivity index (χ4v) is 4.31. The van der Waals surface area contributed by atoms with Crippen molar-refractivity contribution in [1.82, 2.24) is 14.5 Å². The number of piperidine rings is 1. The molecular formula is C24H26F2N4O2. The second-order valence-electron chi connectivity index (χ2n) is 8.57. The van der Waals surface area contributed by atoms with Crippen molar-refractivity contribution in [3.8, 4) is 0 Å². The van der Waals surface area contributed by atoms with Crippen LogP contribution in [0.2, 0.25) is 0 Å². The van der Waals surface area contributed by atoms with Crippen molar-refractivity contribution in [2.45, 2.75) is 32.7 Å². The first-order valence-electron chi connectivity index (χ1n) is 10.8. The lowest BCUT2D eigenvalue weighted by molar-refractivity contribution is -0.139. The predicted octanol–water partition coefficient (Wildman–Crippen LogP) is 4.39. The van der Waals surface area contributed by atoms with Crippen LogP contribution in [0, 0.1) is 23.5 Å². The summed E-state index contributed by atoms with van der Waals surface area (Å²) in [6, 6.07) is 10.7. The fraction of sp³-hybridized carbons (Fsp3) is 0.375. The van der Waals surface area contributed by atoms with Gasteiger partial charge in [0.25, 0.3) is 0 Å². The number of hydrogen-bond acceptors (Lipinski definition) is 3. The van der Waals surface area contributed by atoms with Crippen molar-refractivity contribution in [3.63, 3.8) is 0 Å². The van der Waals surface area contributed by atoms with Crippen molar-refractivity contribution in [1.29, 1.82) is 0 Å². The van der Waals surface area contributed by atoms with E-state index >= 15 is 0 Å². The molecule has 2 amide bonds. The molecule has 2 unspecified atom stereocenters. The number of benzene rings is 2. The van der Waals surface area contributed by atoms with E-state index in [1.807, 2.05) is 44.2 Å². The fourth-order valence-electron chi connectivity index (χ4n) is 4.31. The van der Waals surface area contributed by atoms with Gasteiger partial charge in [0.15, 0.2) is 11.6 Å². The normalized spacial score (nSPS) is 17.5. The summed E-state index contributed by atoms with van der Waals surface area (Å²) in [6.45, 7) is 4.67. The lowest BCUT2D eigenvalue weighted by Crippen LogP contribution is -2.47. The number of rotatable bonds is 5. The van der Waals surface area contributed by atoms with Gasteiger partial charge in [0.1, 0.15) is 6.04 Å². The summed E-state index contributed by atoms with van der Waals surface area (Å²) in [5.41, 5.74) is 1.38. The van der Waals surface area contributed by atoms with Crippen molar-refractivity contribution in [2.24, 2.45) is 11.8 Å². The van der Waals surface area contributed by atoms with E-state index in [4.69, 9.17) is 0 Å². The van der Waals surface area contributed by atoms with Crippen LogP contribution in [0.3, 0.4) is 0 Å². The Labute approximate surface area is 185 Å². The molecule has 6 nitrogen and oxygen atoms in total. The van der Waals surface area contributed by atoms with Crippen LogP contribution in [0.15, 0.2) is 48.8 Å². The van der Waals surface area contributed by atoms with Gasteiger partial charge in [0.05, 0.1) is 23.3 Å². The van der Waals surface area contributed by atoms with E-state index in [1.165, 1.54) is 6.33 Å². The topological polar surface area (TPSA) is 67.2 Å². The van der Waals surface area contributed by atoms with Gasteiger partial charge in [0, 0.05) is 30.9 Å². The molecule has 2 heterocycles. The largest absolute Gasteiger partial charge is 0.340 e. The van der Waals surface area contributed by atoms with Crippen LogP contribution in [0.1, 0.15) is 32.7 Å². The Morgan fingerprint density at radius 3 is 2.56 bits per heavy atom. The molecule has 0 aliphatic carbocycles. The number of fused-ring (bicyclic) bond motifs is 1. The molecule has 32 heavy (non-hydrogen) atoms. The van der Waals surface area contributed by atoms with Crippen molar-refractivity contribution >= 4 is 28.5 Å². The van der Waals surface area contributed by atoms with E-state index in [0.717, 1.165) is 17.8 Å². The highest BCUT2D eigenvalue weighted by molar-refractivity contribution is 5.93. The molecule has 1 fully saturated rings. The second-order valence-corrected chi connectivity index (χ2v) is 8.57. The SMILES string of the molecule is CC(C)C(C(=O)N1CCCC(C(=O)Nc2ccccc2)C1)n1cnc2cc(F)c(F)cc21. The van der Waals surface area contributed by atoms with Crippen molar-refractivity contribution in [3.05, 3.63) is 60.4 Å². The zero-order valence-corrected chi connectivity index (χ0v) is 18.1. The first kappa shape index (κ1) is 21.9. The molecule has 1 N–H and O–H groups in total. The quantitative estimate of drug-likeness (QED) is 0.640. The summed E-state index contributed by atoms with van der Waals surface area (Å²) in [5, 5.41) is 2.92. The maximum atomic E-state index is 13.9. The Morgan fingerprint density at radius 2 is 1.84 bits per heavy atom. The van der Waals surface area contributed by atoms with Crippen molar-refractivity contribution < 1.29 is 18.4 Å². The van der Waals surface area contributed by atoms with Gasteiger partial charge in [-0.1, -0.05) is 32.0 Å². The van der Waals surface area contributed by atoms with Gasteiger partial charge in [0.2, 0.25) is 11.8 Å². The number of likely N-dealkylation sites (tertiary alicyclic amines) is 1. The third-order valence-electron chi connectivity index (χ3n) is 5.95. The number of imidazole rings is 1. The average Bonchev–Trinajstić information content (AvgIpc) is 3.16. The number of carbonyl (C=O) groups is 2. The summed E-state index contributed by atoms with van der Waals surface area (Å²) in [4.78, 5) is 32.2. The van der Waals surface area contributed by atoms with E-state index < -0.39 is 17.7 Å². The number of halogens is 2. The lowest BCUT2D eigenvalue weighted by Gasteiger charge is -2.36. The molecule has 8 heteroatoms. The van der Waals surface area contributed by atoms with Gasteiger partial charge in [-0.05, 0) is 30.9 Å². The summed E-state index contributed by atoms with van der Waals surface area (Å²) in [6.07, 6.45) is 2.87. The molecule has 1 aliphatic heterocycles. The van der Waals surface area contributed by atoms with E-state index in [2.05, 4.69) is 10.3 Å². The number of amides is 2. The highest BCUT2D eigenvalue weighted by Gasteiger charge is 2.34. The minimum absolute atomic E-state index is 0.111. The Bertz CT molecular complexity index is 1130. The molecule has 2 atom stereocenters. The molecule has 0 saturated carbocycles. The number of carbonyl (C=O) groups excluding carboxylic acids is 2. The number of anilines is 1. The number of hydrogen-bond donors (Lipinski definition) is 1. The molecule has 1 aromatic heterocycles. The molecule has 4 rings (SSSR count). The van der Waals surface area contributed by atoms with Crippen LogP contribution >= 0.6 is 0 Å². The summed E-state index contributed by atoms with van der Waals surface area (Å²) in [5.74, 6) is -2.65. The van der Waals surface area contributed by atoms with E-state index in [-0.39, 0.29) is 23.7 Å². The third kappa shape index (κ3) is 4.35. The summed E-state index contributed by atoms with van der Waals surface area (Å²) >= 11 is 0. The lowest BCUT2D eigenvalue weighted by atomic mass is 9.94. The summed E-state index contributed by atoms with van der Waals surface area (Å²) < 4.78 is 29.1. The third-order valence-corrected chi connectivity index (χ3v) is 5.95. The maximum absolute atomic E-state index is 13.9. The zero-order valence-electron chi connectivity index (χ0n) is 18.1. The second kappa shape index (κ2) is 9.06. The van der Waals surface area contributed by atoms with Gasteiger partial charge in [-0.25, -0.2) is 13.8 Å².